The number of nitrogens with zero attached hydrogens (tertiary/aromatic N) is 1. The van der Waals surface area contributed by atoms with Crippen molar-refractivity contribution in [2.24, 2.45) is 5.10 Å². The lowest BCUT2D eigenvalue weighted by atomic mass is 10.1. The van der Waals surface area contributed by atoms with Crippen molar-refractivity contribution in [1.29, 1.82) is 0 Å². The van der Waals surface area contributed by atoms with E-state index in [4.69, 9.17) is 0 Å². The second-order valence-corrected chi connectivity index (χ2v) is 3.23. The minimum absolute atomic E-state index is 0.156. The molecule has 0 atom stereocenters. The third-order valence-electron chi connectivity index (χ3n) is 1.85. The van der Waals surface area contributed by atoms with Gasteiger partial charge in [-0.15, -0.1) is 0 Å². The molecule has 1 amide bonds. The van der Waals surface area contributed by atoms with Crippen LogP contribution in [0.15, 0.2) is 29.4 Å². The highest BCUT2D eigenvalue weighted by molar-refractivity contribution is 5.99. The predicted molar refractivity (Wildman–Crippen MR) is 57.2 cm³/mol. The number of benzene rings is 1. The van der Waals surface area contributed by atoms with Gasteiger partial charge in [-0.2, -0.15) is 5.10 Å². The summed E-state index contributed by atoms with van der Waals surface area (Å²) in [6, 6.07) is 8.00. The highest BCUT2D eigenvalue weighted by atomic mass is 16.2. The van der Waals surface area contributed by atoms with E-state index >= 15 is 0 Å². The van der Waals surface area contributed by atoms with E-state index in [9.17, 15) is 4.79 Å². The maximum absolute atomic E-state index is 10.6. The number of hydrogen-bond donors (Lipinski definition) is 1. The third kappa shape index (κ3) is 3.01. The Morgan fingerprint density at radius 3 is 2.29 bits per heavy atom. The summed E-state index contributed by atoms with van der Waals surface area (Å²) in [5.74, 6) is -0.156. The molecule has 0 aliphatic carbocycles. The second-order valence-electron chi connectivity index (χ2n) is 3.23. The zero-order valence-electron chi connectivity index (χ0n) is 8.66. The molecule has 0 unspecified atom stereocenters. The van der Waals surface area contributed by atoms with Gasteiger partial charge >= 0.3 is 0 Å². The van der Waals surface area contributed by atoms with Crippen molar-refractivity contribution in [3.05, 3.63) is 35.4 Å². The maximum atomic E-state index is 10.6. The summed E-state index contributed by atoms with van der Waals surface area (Å²) in [5, 5.41) is 3.94. The molecule has 0 radical (unpaired) electrons. The highest BCUT2D eigenvalue weighted by Crippen LogP contribution is 2.03. The first kappa shape index (κ1) is 10.4. The Morgan fingerprint density at radius 2 is 1.79 bits per heavy atom. The molecular formula is C11H14N2O. The van der Waals surface area contributed by atoms with Crippen molar-refractivity contribution in [1.82, 2.24) is 5.43 Å². The van der Waals surface area contributed by atoms with E-state index in [0.29, 0.717) is 0 Å². The first-order valence-corrected chi connectivity index (χ1v) is 4.47. The average molecular weight is 190 g/mol. The van der Waals surface area contributed by atoms with Crippen molar-refractivity contribution in [2.45, 2.75) is 20.8 Å². The number of carbonyl (C=O) groups is 1. The summed E-state index contributed by atoms with van der Waals surface area (Å²) < 4.78 is 0. The lowest BCUT2D eigenvalue weighted by molar-refractivity contribution is -0.118. The van der Waals surface area contributed by atoms with Crippen LogP contribution in [0.1, 0.15) is 25.0 Å². The molecular weight excluding hydrogens is 176 g/mol. The quantitative estimate of drug-likeness (QED) is 0.561. The van der Waals surface area contributed by atoms with Crippen molar-refractivity contribution in [3.63, 3.8) is 0 Å². The maximum Gasteiger partial charge on any atom is 0.236 e. The molecule has 0 saturated heterocycles. The summed E-state index contributed by atoms with van der Waals surface area (Å²) in [6.45, 7) is 5.33. The van der Waals surface area contributed by atoms with E-state index in [-0.39, 0.29) is 5.91 Å². The number of rotatable bonds is 2. The van der Waals surface area contributed by atoms with Gasteiger partial charge in [0.15, 0.2) is 0 Å². The van der Waals surface area contributed by atoms with Gasteiger partial charge in [-0.05, 0) is 19.4 Å². The second kappa shape index (κ2) is 4.56. The molecule has 0 bridgehead atoms. The Kier molecular flexibility index (Phi) is 3.40. The van der Waals surface area contributed by atoms with Gasteiger partial charge in [-0.25, -0.2) is 5.43 Å². The van der Waals surface area contributed by atoms with Crippen LogP contribution in [0.5, 0.6) is 0 Å². The van der Waals surface area contributed by atoms with Gasteiger partial charge in [0.1, 0.15) is 0 Å². The van der Waals surface area contributed by atoms with Crippen LogP contribution < -0.4 is 5.43 Å². The number of hydrazone groups is 1. The SMILES string of the molecule is CC(=O)NN=C(C)c1ccc(C)cc1. The van der Waals surface area contributed by atoms with Crippen LogP contribution in [0, 0.1) is 6.92 Å². The Morgan fingerprint density at radius 1 is 1.21 bits per heavy atom. The molecule has 14 heavy (non-hydrogen) atoms. The summed E-state index contributed by atoms with van der Waals surface area (Å²) in [5.41, 5.74) is 5.44. The summed E-state index contributed by atoms with van der Waals surface area (Å²) >= 11 is 0. The van der Waals surface area contributed by atoms with Gasteiger partial charge < -0.3 is 0 Å². The van der Waals surface area contributed by atoms with Crippen LogP contribution in [0.25, 0.3) is 0 Å². The number of hydrogen-bond acceptors (Lipinski definition) is 2. The van der Waals surface area contributed by atoms with E-state index in [2.05, 4.69) is 10.5 Å². The Balaban J connectivity index is 2.78. The fourth-order valence-corrected chi connectivity index (χ4v) is 1.02. The third-order valence-corrected chi connectivity index (χ3v) is 1.85. The van der Waals surface area contributed by atoms with E-state index < -0.39 is 0 Å². The minimum atomic E-state index is -0.156. The first-order valence-electron chi connectivity index (χ1n) is 4.47. The largest absolute Gasteiger partial charge is 0.274 e. The van der Waals surface area contributed by atoms with Crippen LogP contribution in [-0.2, 0) is 4.79 Å². The molecule has 3 heteroatoms. The number of aryl methyl sites for hydroxylation is 1. The standard InChI is InChI=1S/C11H14N2O/c1-8-4-6-11(7-5-8)9(2)12-13-10(3)14/h4-7H,1-3H3,(H,13,14). The summed E-state index contributed by atoms with van der Waals surface area (Å²) in [6.07, 6.45) is 0. The molecule has 1 rings (SSSR count). The molecule has 3 nitrogen and oxygen atoms in total. The topological polar surface area (TPSA) is 41.5 Å². The molecule has 0 aliphatic heterocycles. The van der Waals surface area contributed by atoms with Crippen LogP contribution >= 0.6 is 0 Å². The normalized spacial score (nSPS) is 11.2. The Hall–Kier alpha value is -1.64. The van der Waals surface area contributed by atoms with Crippen LogP contribution in [0.3, 0.4) is 0 Å². The van der Waals surface area contributed by atoms with Crippen molar-refractivity contribution < 1.29 is 4.79 Å². The fourth-order valence-electron chi connectivity index (χ4n) is 1.02. The van der Waals surface area contributed by atoms with Crippen LogP contribution in [0.4, 0.5) is 0 Å². The monoisotopic (exact) mass is 190 g/mol. The van der Waals surface area contributed by atoms with E-state index in [0.717, 1.165) is 11.3 Å². The van der Waals surface area contributed by atoms with Gasteiger partial charge in [-0.3, -0.25) is 4.79 Å². The molecule has 0 fully saturated rings. The number of nitrogens with one attached hydrogen (secondary N) is 1. The van der Waals surface area contributed by atoms with Crippen molar-refractivity contribution in [3.8, 4) is 0 Å². The average Bonchev–Trinajstić information content (AvgIpc) is 2.15. The van der Waals surface area contributed by atoms with E-state index in [1.54, 1.807) is 0 Å². The summed E-state index contributed by atoms with van der Waals surface area (Å²) in [4.78, 5) is 10.6. The highest BCUT2D eigenvalue weighted by Gasteiger charge is 1.96. The van der Waals surface area contributed by atoms with Crippen molar-refractivity contribution >= 4 is 11.6 Å². The smallest absolute Gasteiger partial charge is 0.236 e. The van der Waals surface area contributed by atoms with Gasteiger partial charge in [-0.1, -0.05) is 29.8 Å². The van der Waals surface area contributed by atoms with Crippen molar-refractivity contribution in [2.75, 3.05) is 0 Å². The minimum Gasteiger partial charge on any atom is -0.274 e. The van der Waals surface area contributed by atoms with Crippen LogP contribution in [-0.4, -0.2) is 11.6 Å². The molecule has 0 aliphatic rings. The molecule has 1 N–H and O–H groups in total. The molecule has 0 heterocycles. The number of carbonyl (C=O) groups excluding carboxylic acids is 1. The molecule has 0 spiro atoms. The molecule has 0 aromatic heterocycles. The molecule has 1 aromatic carbocycles. The van der Waals surface area contributed by atoms with Gasteiger partial charge in [0.25, 0.3) is 0 Å². The Labute approximate surface area is 83.8 Å². The molecule has 0 saturated carbocycles. The van der Waals surface area contributed by atoms with Crippen LogP contribution in [0.2, 0.25) is 0 Å². The lowest BCUT2D eigenvalue weighted by Gasteiger charge is -2.01. The van der Waals surface area contributed by atoms with E-state index in [1.807, 2.05) is 38.1 Å². The summed E-state index contributed by atoms with van der Waals surface area (Å²) in [7, 11) is 0. The molecule has 1 aromatic rings. The zero-order valence-corrected chi connectivity index (χ0v) is 8.66. The zero-order chi connectivity index (χ0) is 10.6. The van der Waals surface area contributed by atoms with Gasteiger partial charge in [0.05, 0.1) is 5.71 Å². The first-order chi connectivity index (χ1) is 6.59. The fraction of sp³-hybridized carbons (Fsp3) is 0.273. The molecule has 74 valence electrons. The number of amides is 1. The van der Waals surface area contributed by atoms with E-state index in [1.165, 1.54) is 12.5 Å². The lowest BCUT2D eigenvalue weighted by Crippen LogP contribution is -2.14. The Bertz CT molecular complexity index is 352. The predicted octanol–water partition coefficient (Wildman–Crippen LogP) is 1.86. The van der Waals surface area contributed by atoms with Gasteiger partial charge in [0.2, 0.25) is 5.91 Å². The van der Waals surface area contributed by atoms with Gasteiger partial charge in [0, 0.05) is 6.92 Å².